The predicted molar refractivity (Wildman–Crippen MR) is 91.5 cm³/mol. The normalized spacial score (nSPS) is 10.7. The van der Waals surface area contributed by atoms with Crippen LogP contribution in [0.1, 0.15) is 48.3 Å². The number of aryl methyl sites for hydroxylation is 1. The Morgan fingerprint density at radius 1 is 1.30 bits per heavy atom. The zero-order valence-electron chi connectivity index (χ0n) is 13.7. The highest BCUT2D eigenvalue weighted by molar-refractivity contribution is 6.29. The van der Waals surface area contributed by atoms with E-state index in [0.29, 0.717) is 11.6 Å². The number of nitrogens with one attached hydrogen (secondary N) is 1. The third-order valence-corrected chi connectivity index (χ3v) is 3.60. The first kappa shape index (κ1) is 17.2. The summed E-state index contributed by atoms with van der Waals surface area (Å²) in [5.41, 5.74) is 3.90. The van der Waals surface area contributed by atoms with Crippen molar-refractivity contribution in [1.82, 2.24) is 10.2 Å². The number of carbonyl (C=O) groups excluding carboxylic acids is 1. The number of halogens is 1. The van der Waals surface area contributed by atoms with Gasteiger partial charge in [0, 0.05) is 11.8 Å². The van der Waals surface area contributed by atoms with Gasteiger partial charge in [0.2, 0.25) is 0 Å². The Labute approximate surface area is 141 Å². The van der Waals surface area contributed by atoms with Crippen molar-refractivity contribution in [3.63, 3.8) is 0 Å². The maximum Gasteiger partial charge on any atom is 0.361 e. The molecular formula is C17H20ClN3O2. The van der Waals surface area contributed by atoms with E-state index < -0.39 is 5.97 Å². The van der Waals surface area contributed by atoms with Crippen molar-refractivity contribution in [1.29, 1.82) is 0 Å². The van der Waals surface area contributed by atoms with E-state index in [1.807, 2.05) is 12.1 Å². The predicted octanol–water partition coefficient (Wildman–Crippen LogP) is 4.48. The second kappa shape index (κ2) is 7.42. The molecule has 1 aromatic heterocycles. The third-order valence-electron chi connectivity index (χ3n) is 3.41. The van der Waals surface area contributed by atoms with Crippen LogP contribution in [0.4, 0.5) is 11.4 Å². The molecule has 0 fully saturated rings. The maximum absolute atomic E-state index is 12.0. The summed E-state index contributed by atoms with van der Waals surface area (Å²) in [5, 5.41) is 11.0. The monoisotopic (exact) mass is 333 g/mol. The molecule has 0 spiro atoms. The number of rotatable bonds is 5. The Bertz CT molecular complexity index is 717. The molecule has 6 heteroatoms. The molecule has 1 heterocycles. The number of benzene rings is 1. The maximum atomic E-state index is 12.0. The average molecular weight is 334 g/mol. The highest BCUT2D eigenvalue weighted by Gasteiger charge is 2.17. The molecule has 0 amide bonds. The molecule has 0 unspecified atom stereocenters. The Hall–Kier alpha value is -2.14. The summed E-state index contributed by atoms with van der Waals surface area (Å²) in [4.78, 5) is 12.0. The van der Waals surface area contributed by atoms with Gasteiger partial charge in [0.05, 0.1) is 12.3 Å². The molecule has 23 heavy (non-hydrogen) atoms. The van der Waals surface area contributed by atoms with Gasteiger partial charge in [-0.1, -0.05) is 31.5 Å². The van der Waals surface area contributed by atoms with E-state index in [4.69, 9.17) is 16.3 Å². The van der Waals surface area contributed by atoms with Gasteiger partial charge in [-0.05, 0) is 43.0 Å². The van der Waals surface area contributed by atoms with Gasteiger partial charge in [-0.25, -0.2) is 4.79 Å². The van der Waals surface area contributed by atoms with Crippen LogP contribution in [0, 0.1) is 6.92 Å². The second-order valence-electron chi connectivity index (χ2n) is 5.50. The van der Waals surface area contributed by atoms with E-state index in [2.05, 4.69) is 42.4 Å². The minimum absolute atomic E-state index is 0.114. The van der Waals surface area contributed by atoms with Crippen LogP contribution < -0.4 is 5.32 Å². The van der Waals surface area contributed by atoms with E-state index in [9.17, 15) is 4.79 Å². The van der Waals surface area contributed by atoms with Crippen LogP contribution in [-0.4, -0.2) is 22.8 Å². The molecule has 1 N–H and O–H groups in total. The molecule has 122 valence electrons. The molecule has 0 bridgehead atoms. The zero-order chi connectivity index (χ0) is 17.0. The van der Waals surface area contributed by atoms with Gasteiger partial charge in [0.25, 0.3) is 0 Å². The zero-order valence-corrected chi connectivity index (χ0v) is 14.4. The first-order valence-corrected chi connectivity index (χ1v) is 7.88. The molecule has 2 aromatic rings. The summed E-state index contributed by atoms with van der Waals surface area (Å²) in [6, 6.07) is 7.61. The Morgan fingerprint density at radius 2 is 2.04 bits per heavy atom. The lowest BCUT2D eigenvalue weighted by molar-refractivity contribution is 0.0519. The largest absolute Gasteiger partial charge is 0.461 e. The van der Waals surface area contributed by atoms with Crippen LogP contribution in [0.3, 0.4) is 0 Å². The summed E-state index contributed by atoms with van der Waals surface area (Å²) < 4.78 is 5.00. The quantitative estimate of drug-likeness (QED) is 0.817. The van der Waals surface area contributed by atoms with Crippen molar-refractivity contribution in [2.24, 2.45) is 0 Å². The van der Waals surface area contributed by atoms with Crippen LogP contribution in [0.2, 0.25) is 5.15 Å². The summed E-state index contributed by atoms with van der Waals surface area (Å²) in [6.07, 6.45) is 0. The van der Waals surface area contributed by atoms with E-state index in [1.165, 1.54) is 11.1 Å². The van der Waals surface area contributed by atoms with Crippen molar-refractivity contribution in [3.05, 3.63) is 46.2 Å². The molecule has 0 aliphatic carbocycles. The Morgan fingerprint density at radius 3 is 2.70 bits per heavy atom. The molecule has 0 atom stereocenters. The van der Waals surface area contributed by atoms with Crippen molar-refractivity contribution in [3.8, 4) is 0 Å². The molecule has 0 aliphatic heterocycles. The minimum Gasteiger partial charge on any atom is -0.461 e. The van der Waals surface area contributed by atoms with Gasteiger partial charge in [0.15, 0.2) is 10.8 Å². The molecular weight excluding hydrogens is 314 g/mol. The fraction of sp³-hybridized carbons (Fsp3) is 0.353. The van der Waals surface area contributed by atoms with Crippen LogP contribution in [0.25, 0.3) is 0 Å². The molecule has 5 nitrogen and oxygen atoms in total. The topological polar surface area (TPSA) is 64.1 Å². The number of nitrogens with zero attached hydrogens (tertiary/aromatic N) is 2. The van der Waals surface area contributed by atoms with Crippen molar-refractivity contribution < 1.29 is 9.53 Å². The number of carbonyl (C=O) groups is 1. The van der Waals surface area contributed by atoms with Crippen LogP contribution in [0.15, 0.2) is 24.3 Å². The molecule has 1 aromatic carbocycles. The van der Waals surface area contributed by atoms with Crippen molar-refractivity contribution in [2.45, 2.75) is 33.6 Å². The van der Waals surface area contributed by atoms with Gasteiger partial charge in [-0.2, -0.15) is 0 Å². The lowest BCUT2D eigenvalue weighted by atomic mass is 9.97. The van der Waals surface area contributed by atoms with Gasteiger partial charge in [-0.3, -0.25) is 0 Å². The lowest BCUT2D eigenvalue weighted by Gasteiger charge is -2.14. The van der Waals surface area contributed by atoms with Crippen LogP contribution in [0.5, 0.6) is 0 Å². The highest BCUT2D eigenvalue weighted by Crippen LogP contribution is 2.27. The SMILES string of the molecule is CCOC(=O)c1nnc(Cl)cc1Nc1ccc(C)c(C(C)C)c1. The van der Waals surface area contributed by atoms with Gasteiger partial charge < -0.3 is 10.1 Å². The molecule has 2 rings (SSSR count). The van der Waals surface area contributed by atoms with Crippen molar-refractivity contribution >= 4 is 28.9 Å². The third kappa shape index (κ3) is 4.20. The Balaban J connectivity index is 2.38. The summed E-state index contributed by atoms with van der Waals surface area (Å²) >= 11 is 5.91. The average Bonchev–Trinajstić information content (AvgIpc) is 2.49. The summed E-state index contributed by atoms with van der Waals surface area (Å²) in [6.45, 7) is 8.36. The highest BCUT2D eigenvalue weighted by atomic mass is 35.5. The summed E-state index contributed by atoms with van der Waals surface area (Å²) in [7, 11) is 0. The minimum atomic E-state index is -0.532. The van der Waals surface area contributed by atoms with Crippen LogP contribution >= 0.6 is 11.6 Å². The number of anilines is 2. The smallest absolute Gasteiger partial charge is 0.361 e. The number of esters is 1. The van der Waals surface area contributed by atoms with E-state index in [1.54, 1.807) is 13.0 Å². The number of ether oxygens (including phenoxy) is 1. The number of hydrogen-bond donors (Lipinski definition) is 1. The number of hydrogen-bond acceptors (Lipinski definition) is 5. The van der Waals surface area contributed by atoms with E-state index in [-0.39, 0.29) is 17.5 Å². The van der Waals surface area contributed by atoms with E-state index >= 15 is 0 Å². The Kier molecular flexibility index (Phi) is 5.55. The standard InChI is InChI=1S/C17H20ClN3O2/c1-5-23-17(22)16-14(9-15(18)20-21-16)19-12-7-6-11(4)13(8-12)10(2)3/h6-10H,5H2,1-4H3,(H,19,20). The fourth-order valence-electron chi connectivity index (χ4n) is 2.31. The first-order valence-electron chi connectivity index (χ1n) is 7.50. The number of aromatic nitrogens is 2. The molecule has 0 saturated heterocycles. The van der Waals surface area contributed by atoms with Crippen LogP contribution in [-0.2, 0) is 4.74 Å². The van der Waals surface area contributed by atoms with Crippen molar-refractivity contribution in [2.75, 3.05) is 11.9 Å². The van der Waals surface area contributed by atoms with Gasteiger partial charge in [0.1, 0.15) is 0 Å². The van der Waals surface area contributed by atoms with Gasteiger partial charge in [-0.15, -0.1) is 10.2 Å². The molecule has 0 saturated carbocycles. The lowest BCUT2D eigenvalue weighted by Crippen LogP contribution is -2.11. The van der Waals surface area contributed by atoms with E-state index in [0.717, 1.165) is 5.69 Å². The fourth-order valence-corrected chi connectivity index (χ4v) is 2.46. The summed E-state index contributed by atoms with van der Waals surface area (Å²) in [5.74, 6) is -0.129. The van der Waals surface area contributed by atoms with Gasteiger partial charge >= 0.3 is 5.97 Å². The second-order valence-corrected chi connectivity index (χ2v) is 5.89. The molecule has 0 aliphatic rings. The first-order chi connectivity index (χ1) is 10.9. The molecule has 0 radical (unpaired) electrons.